The van der Waals surface area contributed by atoms with Gasteiger partial charge in [-0.25, -0.2) is 9.59 Å². The van der Waals surface area contributed by atoms with Crippen molar-refractivity contribution < 1.29 is 69.4 Å². The van der Waals surface area contributed by atoms with Crippen LogP contribution < -0.4 is 0 Å². The monoisotopic (exact) mass is 652 g/mol. The number of aliphatic hydroxyl groups excluding tert-OH is 7. The van der Waals surface area contributed by atoms with Gasteiger partial charge in [0.2, 0.25) is 6.29 Å². The molecule has 0 aliphatic carbocycles. The van der Waals surface area contributed by atoms with E-state index in [1.807, 2.05) is 32.1 Å². The molecule has 2 fully saturated rings. The van der Waals surface area contributed by atoms with Crippen molar-refractivity contribution in [1.82, 2.24) is 0 Å². The molecule has 0 radical (unpaired) electrons. The molecule has 14 heteroatoms. The van der Waals surface area contributed by atoms with Gasteiger partial charge in [0.05, 0.1) is 13.2 Å². The fourth-order valence-corrected chi connectivity index (χ4v) is 4.10. The number of esters is 1. The van der Waals surface area contributed by atoms with Crippen LogP contribution in [0.5, 0.6) is 0 Å². The molecule has 14 nitrogen and oxygen atoms in total. The SMILES string of the molecule is CC(/C=C/C=C(\C)C(=O)O)=C\C=C\C=C(C)\C=C\C=C(/C)C(=O)OC1O[C@H](CO[C@@H]2O[C@H](CO)[C@@H](O)[C@H](O)[C@H]2O)[C@@H](O)[C@H](O)[C@H]1O. The third kappa shape index (κ3) is 11.5. The highest BCUT2D eigenvalue weighted by Gasteiger charge is 2.48. The molecule has 0 aromatic rings. The maximum atomic E-state index is 12.6. The molecule has 8 N–H and O–H groups in total. The minimum absolute atomic E-state index is 0.127. The third-order valence-electron chi connectivity index (χ3n) is 7.06. The van der Waals surface area contributed by atoms with Crippen LogP contribution in [0.25, 0.3) is 0 Å². The van der Waals surface area contributed by atoms with Gasteiger partial charge in [0.15, 0.2) is 6.29 Å². The van der Waals surface area contributed by atoms with Gasteiger partial charge in [0.25, 0.3) is 0 Å². The van der Waals surface area contributed by atoms with Crippen molar-refractivity contribution in [3.05, 3.63) is 83.1 Å². The number of aliphatic hydroxyl groups is 7. The zero-order valence-electron chi connectivity index (χ0n) is 26.0. The number of carbonyl (C=O) groups is 2. The van der Waals surface area contributed by atoms with Crippen LogP contribution in [0.4, 0.5) is 0 Å². The summed E-state index contributed by atoms with van der Waals surface area (Å²) in [6, 6.07) is 0. The number of ether oxygens (including phenoxy) is 4. The lowest BCUT2D eigenvalue weighted by Crippen LogP contribution is -2.61. The Balaban J connectivity index is 1.94. The fourth-order valence-electron chi connectivity index (χ4n) is 4.10. The van der Waals surface area contributed by atoms with Gasteiger partial charge in [-0.05, 0) is 27.7 Å². The summed E-state index contributed by atoms with van der Waals surface area (Å²) < 4.78 is 21.3. The lowest BCUT2D eigenvalue weighted by molar-refractivity contribution is -0.326. The molecule has 10 atom stereocenters. The van der Waals surface area contributed by atoms with E-state index < -0.39 is 86.6 Å². The van der Waals surface area contributed by atoms with E-state index >= 15 is 0 Å². The Morgan fingerprint density at radius 2 is 1.11 bits per heavy atom. The molecule has 0 aromatic heterocycles. The summed E-state index contributed by atoms with van der Waals surface area (Å²) >= 11 is 0. The topological polar surface area (TPSA) is 233 Å². The van der Waals surface area contributed by atoms with E-state index in [0.29, 0.717) is 0 Å². The predicted octanol–water partition coefficient (Wildman–Crippen LogP) is -0.308. The highest BCUT2D eigenvalue weighted by atomic mass is 16.7. The van der Waals surface area contributed by atoms with Crippen molar-refractivity contribution in [2.45, 2.75) is 89.1 Å². The lowest BCUT2D eigenvalue weighted by Gasteiger charge is -2.42. The molecule has 2 heterocycles. The molecule has 0 aromatic carbocycles. The van der Waals surface area contributed by atoms with Crippen molar-refractivity contribution in [2.75, 3.05) is 13.2 Å². The van der Waals surface area contributed by atoms with E-state index in [-0.39, 0.29) is 11.1 Å². The van der Waals surface area contributed by atoms with E-state index in [0.717, 1.165) is 11.1 Å². The highest BCUT2D eigenvalue weighted by molar-refractivity contribution is 5.88. The fraction of sp³-hybridized carbons (Fsp3) is 0.500. The number of rotatable bonds is 13. The summed E-state index contributed by atoms with van der Waals surface area (Å²) in [6.45, 7) is 5.43. The van der Waals surface area contributed by atoms with Gasteiger partial charge in [-0.1, -0.05) is 71.9 Å². The van der Waals surface area contributed by atoms with E-state index in [4.69, 9.17) is 24.1 Å². The first kappa shape index (κ1) is 38.9. The van der Waals surface area contributed by atoms with E-state index in [1.54, 1.807) is 30.4 Å². The number of aliphatic carboxylic acids is 1. The molecule has 2 saturated heterocycles. The van der Waals surface area contributed by atoms with E-state index in [9.17, 15) is 45.3 Å². The first-order chi connectivity index (χ1) is 21.7. The zero-order valence-corrected chi connectivity index (χ0v) is 26.0. The first-order valence-electron chi connectivity index (χ1n) is 14.5. The van der Waals surface area contributed by atoms with Crippen LogP contribution in [0.15, 0.2) is 83.1 Å². The quantitative estimate of drug-likeness (QED) is 0.0725. The van der Waals surface area contributed by atoms with Crippen LogP contribution in [-0.4, -0.2) is 127 Å². The maximum Gasteiger partial charge on any atom is 0.336 e. The van der Waals surface area contributed by atoms with E-state index in [1.165, 1.54) is 26.0 Å². The summed E-state index contributed by atoms with van der Waals surface area (Å²) in [7, 11) is 0. The van der Waals surface area contributed by atoms with Crippen molar-refractivity contribution in [1.29, 1.82) is 0 Å². The van der Waals surface area contributed by atoms with Gasteiger partial charge in [0, 0.05) is 11.1 Å². The molecule has 0 bridgehead atoms. The van der Waals surface area contributed by atoms with Crippen LogP contribution in [0.2, 0.25) is 0 Å². The Morgan fingerprint density at radius 3 is 1.63 bits per heavy atom. The summed E-state index contributed by atoms with van der Waals surface area (Å²) in [5.74, 6) is -1.86. The molecule has 46 heavy (non-hydrogen) atoms. The number of allylic oxidation sites excluding steroid dienone is 12. The summed E-state index contributed by atoms with van der Waals surface area (Å²) in [5, 5.41) is 79.1. The van der Waals surface area contributed by atoms with Crippen molar-refractivity contribution in [3.8, 4) is 0 Å². The molecule has 0 spiro atoms. The Kier molecular flexibility index (Phi) is 15.9. The van der Waals surface area contributed by atoms with Crippen molar-refractivity contribution >= 4 is 11.9 Å². The predicted molar refractivity (Wildman–Crippen MR) is 163 cm³/mol. The third-order valence-corrected chi connectivity index (χ3v) is 7.06. The number of carbonyl (C=O) groups excluding carboxylic acids is 1. The lowest BCUT2D eigenvalue weighted by atomic mass is 9.98. The average molecular weight is 653 g/mol. The number of hydrogen-bond acceptors (Lipinski definition) is 13. The molecule has 2 rings (SSSR count). The largest absolute Gasteiger partial charge is 0.478 e. The molecule has 1 unspecified atom stereocenters. The van der Waals surface area contributed by atoms with Crippen LogP contribution in [0.3, 0.4) is 0 Å². The van der Waals surface area contributed by atoms with E-state index in [2.05, 4.69) is 0 Å². The summed E-state index contributed by atoms with van der Waals surface area (Å²) in [6.07, 6.45) is 0.855. The second-order valence-electron chi connectivity index (χ2n) is 10.9. The van der Waals surface area contributed by atoms with Crippen LogP contribution >= 0.6 is 0 Å². The Bertz CT molecular complexity index is 1240. The second-order valence-corrected chi connectivity index (χ2v) is 10.9. The second kappa shape index (κ2) is 18.8. The summed E-state index contributed by atoms with van der Waals surface area (Å²) in [4.78, 5) is 23.4. The molecule has 256 valence electrons. The molecular formula is C32H44O14. The van der Waals surface area contributed by atoms with Gasteiger partial charge in [0.1, 0.15) is 48.8 Å². The van der Waals surface area contributed by atoms with Gasteiger partial charge in [-0.2, -0.15) is 0 Å². The summed E-state index contributed by atoms with van der Waals surface area (Å²) in [5.41, 5.74) is 2.11. The standard InChI is InChI=1S/C32H44O14/c1-17(11-7-13-19(3)29(40)41)9-5-6-10-18(2)12-8-14-20(4)30(42)46-32-28(39)26(37)24(35)22(45-32)16-43-31-27(38)25(36)23(34)21(15-33)44-31/h5-14,21-28,31-39H,15-16H2,1-4H3,(H,40,41)/b6-5+,11-7+,12-8+,17-9+,18-10+,19-13+,20-14+/t21-,22-,23-,24-,25+,26+,27-,28-,31-,32?/m1/s1. The minimum Gasteiger partial charge on any atom is -0.478 e. The highest BCUT2D eigenvalue weighted by Crippen LogP contribution is 2.26. The van der Waals surface area contributed by atoms with Crippen LogP contribution in [0.1, 0.15) is 27.7 Å². The first-order valence-corrected chi connectivity index (χ1v) is 14.5. The Labute approximate surface area is 266 Å². The van der Waals surface area contributed by atoms with Crippen LogP contribution in [0, 0.1) is 0 Å². The Morgan fingerprint density at radius 1 is 0.630 bits per heavy atom. The van der Waals surface area contributed by atoms with Gasteiger partial charge in [-0.15, -0.1) is 0 Å². The minimum atomic E-state index is -1.80. The molecule has 0 amide bonds. The van der Waals surface area contributed by atoms with Gasteiger partial charge in [-0.3, -0.25) is 0 Å². The normalized spacial score (nSPS) is 33.7. The average Bonchev–Trinajstić information content (AvgIpc) is 3.02. The molecule has 2 aliphatic rings. The number of carboxylic acids is 1. The number of hydrogen-bond donors (Lipinski definition) is 8. The molecule has 0 saturated carbocycles. The number of carboxylic acid groups (broad SMARTS) is 1. The van der Waals surface area contributed by atoms with Crippen molar-refractivity contribution in [2.24, 2.45) is 0 Å². The van der Waals surface area contributed by atoms with Gasteiger partial charge >= 0.3 is 11.9 Å². The molecular weight excluding hydrogens is 608 g/mol. The zero-order chi connectivity index (χ0) is 34.6. The molecule has 2 aliphatic heterocycles. The van der Waals surface area contributed by atoms with Crippen molar-refractivity contribution in [3.63, 3.8) is 0 Å². The maximum absolute atomic E-state index is 12.6. The van der Waals surface area contributed by atoms with Crippen LogP contribution in [-0.2, 0) is 28.5 Å². The van der Waals surface area contributed by atoms with Gasteiger partial charge < -0.3 is 59.8 Å². The Hall–Kier alpha value is -3.28. The smallest absolute Gasteiger partial charge is 0.336 e.